The average molecular weight is 634 g/mol. The van der Waals surface area contributed by atoms with Gasteiger partial charge >= 0.3 is 5.97 Å². The molecule has 1 atom stereocenters. The maximum Gasteiger partial charge on any atom is 0.338 e. The first-order chi connectivity index (χ1) is 22.6. The molecule has 242 valence electrons. The molecule has 9 heteroatoms. The van der Waals surface area contributed by atoms with Gasteiger partial charge in [-0.1, -0.05) is 18.2 Å². The molecule has 2 aromatic heterocycles. The quantitative estimate of drug-likeness (QED) is 0.169. The molecule has 0 amide bonds. The lowest BCUT2D eigenvalue weighted by Gasteiger charge is -2.33. The van der Waals surface area contributed by atoms with Gasteiger partial charge in [-0.25, -0.2) is 14.2 Å². The van der Waals surface area contributed by atoms with Crippen molar-refractivity contribution in [3.8, 4) is 6.07 Å². The third-order valence-electron chi connectivity index (χ3n) is 9.39. The first kappa shape index (κ1) is 31.1. The van der Waals surface area contributed by atoms with Gasteiger partial charge in [0.05, 0.1) is 54.0 Å². The number of rotatable bonds is 8. The van der Waals surface area contributed by atoms with Gasteiger partial charge in [-0.05, 0) is 112 Å². The minimum atomic E-state index is -0.565. The van der Waals surface area contributed by atoms with Gasteiger partial charge < -0.3 is 18.6 Å². The van der Waals surface area contributed by atoms with Gasteiger partial charge in [-0.3, -0.25) is 4.90 Å². The molecule has 2 aliphatic heterocycles. The summed E-state index contributed by atoms with van der Waals surface area (Å²) in [5.74, 6) is 0.739. The van der Waals surface area contributed by atoms with Crippen LogP contribution in [0.5, 0.6) is 0 Å². The van der Waals surface area contributed by atoms with E-state index in [4.69, 9.17) is 19.7 Å². The standard InChI is InChI=1S/C38H40FN5O3/c1-38(2,3)47-37(45)29-8-9-33-35(20-29)44(23-31-13-17-46-31)36(41-33)24-42-14-10-26(11-15-42)28-7-6-27-12-16-43(34(27)19-28)22-30-5-4-25(21-40)18-32(30)39/h4-9,12,16,18-20,26,31H,10-11,13-15,17,22-24H2,1-3H3/t31-/m0/s1. The SMILES string of the molecule is CC(C)(C)OC(=O)c1ccc2nc(CN3CCC(c4ccc5ccn(Cc6ccc(C#N)cc6F)c5c4)CC3)n(C[C@@H]3CCO3)c2c1. The van der Waals surface area contributed by atoms with E-state index in [1.54, 1.807) is 18.2 Å². The number of nitrogens with zero attached hydrogens (tertiary/aromatic N) is 5. The van der Waals surface area contributed by atoms with Crippen LogP contribution >= 0.6 is 0 Å². The Bertz CT molecular complexity index is 1990. The molecule has 0 spiro atoms. The molecule has 2 fully saturated rings. The second kappa shape index (κ2) is 12.6. The summed E-state index contributed by atoms with van der Waals surface area (Å²) < 4.78 is 30.4. The summed E-state index contributed by atoms with van der Waals surface area (Å²) in [4.78, 5) is 20.4. The van der Waals surface area contributed by atoms with Crippen molar-refractivity contribution in [3.05, 3.63) is 101 Å². The Morgan fingerprint density at radius 3 is 2.53 bits per heavy atom. The molecular formula is C38H40FN5O3. The summed E-state index contributed by atoms with van der Waals surface area (Å²) in [7, 11) is 0. The number of esters is 1. The van der Waals surface area contributed by atoms with Gasteiger partial charge in [0.15, 0.2) is 0 Å². The number of nitriles is 1. The summed E-state index contributed by atoms with van der Waals surface area (Å²) in [6.45, 7) is 10.2. The smallest absolute Gasteiger partial charge is 0.338 e. The number of carbonyl (C=O) groups is 1. The van der Waals surface area contributed by atoms with E-state index >= 15 is 0 Å². The molecule has 0 radical (unpaired) electrons. The highest BCUT2D eigenvalue weighted by atomic mass is 19.1. The maximum absolute atomic E-state index is 14.7. The van der Waals surface area contributed by atoms with E-state index in [0.717, 1.165) is 73.3 Å². The van der Waals surface area contributed by atoms with Gasteiger partial charge in [0.1, 0.15) is 17.2 Å². The second-order valence-electron chi connectivity index (χ2n) is 13.9. The number of carbonyl (C=O) groups excluding carboxylic acids is 1. The number of likely N-dealkylation sites (tertiary alicyclic amines) is 1. The van der Waals surface area contributed by atoms with Crippen LogP contribution in [0.3, 0.4) is 0 Å². The molecule has 7 rings (SSSR count). The van der Waals surface area contributed by atoms with Crippen molar-refractivity contribution in [1.82, 2.24) is 19.0 Å². The van der Waals surface area contributed by atoms with Crippen LogP contribution in [0.1, 0.15) is 78.8 Å². The van der Waals surface area contributed by atoms with Crippen molar-refractivity contribution in [2.75, 3.05) is 19.7 Å². The number of fused-ring (bicyclic) bond motifs is 2. The van der Waals surface area contributed by atoms with Crippen molar-refractivity contribution in [1.29, 1.82) is 5.26 Å². The molecule has 2 aliphatic rings. The predicted octanol–water partition coefficient (Wildman–Crippen LogP) is 7.17. The van der Waals surface area contributed by atoms with Gasteiger partial charge in [0.2, 0.25) is 0 Å². The zero-order chi connectivity index (χ0) is 32.7. The Balaban J connectivity index is 1.06. The summed E-state index contributed by atoms with van der Waals surface area (Å²) in [5.41, 5.74) is 5.06. The highest BCUT2D eigenvalue weighted by Gasteiger charge is 2.26. The predicted molar refractivity (Wildman–Crippen MR) is 179 cm³/mol. The van der Waals surface area contributed by atoms with Crippen LogP contribution in [0.2, 0.25) is 0 Å². The molecule has 0 bridgehead atoms. The molecule has 0 unspecified atom stereocenters. The van der Waals surface area contributed by atoms with Crippen LogP contribution in [0.25, 0.3) is 21.9 Å². The number of benzene rings is 3. The van der Waals surface area contributed by atoms with Crippen LogP contribution in [0.4, 0.5) is 4.39 Å². The Morgan fingerprint density at radius 2 is 1.83 bits per heavy atom. The number of piperidine rings is 1. The van der Waals surface area contributed by atoms with E-state index in [1.165, 1.54) is 11.6 Å². The molecule has 0 aliphatic carbocycles. The second-order valence-corrected chi connectivity index (χ2v) is 13.9. The third-order valence-corrected chi connectivity index (χ3v) is 9.39. The van der Waals surface area contributed by atoms with Crippen molar-refractivity contribution in [2.24, 2.45) is 0 Å². The van der Waals surface area contributed by atoms with E-state index < -0.39 is 5.60 Å². The van der Waals surface area contributed by atoms with Crippen LogP contribution in [-0.4, -0.2) is 56.4 Å². The van der Waals surface area contributed by atoms with Crippen molar-refractivity contribution in [2.45, 2.75) is 77.3 Å². The Labute approximate surface area is 274 Å². The molecule has 0 N–H and O–H groups in total. The summed E-state index contributed by atoms with van der Waals surface area (Å²) >= 11 is 0. The lowest BCUT2D eigenvalue weighted by atomic mass is 9.89. The number of hydrogen-bond donors (Lipinski definition) is 0. The molecule has 2 saturated heterocycles. The lowest BCUT2D eigenvalue weighted by Crippen LogP contribution is -2.35. The zero-order valence-electron chi connectivity index (χ0n) is 27.2. The lowest BCUT2D eigenvalue weighted by molar-refractivity contribution is -0.0592. The van der Waals surface area contributed by atoms with E-state index in [9.17, 15) is 9.18 Å². The van der Waals surface area contributed by atoms with Gasteiger partial charge in [-0.2, -0.15) is 5.26 Å². The highest BCUT2D eigenvalue weighted by molar-refractivity contribution is 5.94. The molecule has 8 nitrogen and oxygen atoms in total. The number of imidazole rings is 1. The minimum absolute atomic E-state index is 0.157. The largest absolute Gasteiger partial charge is 0.456 e. The fourth-order valence-corrected chi connectivity index (χ4v) is 6.74. The van der Waals surface area contributed by atoms with Crippen LogP contribution < -0.4 is 0 Å². The van der Waals surface area contributed by atoms with Crippen LogP contribution in [-0.2, 0) is 29.1 Å². The van der Waals surface area contributed by atoms with E-state index in [2.05, 4.69) is 38.3 Å². The van der Waals surface area contributed by atoms with E-state index in [0.29, 0.717) is 35.7 Å². The van der Waals surface area contributed by atoms with Gasteiger partial charge in [0.25, 0.3) is 0 Å². The molecule has 5 aromatic rings. The number of aromatic nitrogens is 3. The Morgan fingerprint density at radius 1 is 1.02 bits per heavy atom. The molecule has 0 saturated carbocycles. The number of ether oxygens (including phenoxy) is 2. The zero-order valence-corrected chi connectivity index (χ0v) is 27.2. The summed E-state index contributed by atoms with van der Waals surface area (Å²) in [5, 5.41) is 10.2. The first-order valence-corrected chi connectivity index (χ1v) is 16.5. The van der Waals surface area contributed by atoms with Gasteiger partial charge in [-0.15, -0.1) is 0 Å². The Hall–Kier alpha value is -4.52. The fourth-order valence-electron chi connectivity index (χ4n) is 6.74. The maximum atomic E-state index is 14.7. The van der Waals surface area contributed by atoms with E-state index in [1.807, 2.05) is 45.2 Å². The molecular weight excluding hydrogens is 593 g/mol. The molecule has 47 heavy (non-hydrogen) atoms. The van der Waals surface area contributed by atoms with Crippen molar-refractivity contribution < 1.29 is 18.7 Å². The van der Waals surface area contributed by atoms with Crippen molar-refractivity contribution >= 4 is 27.9 Å². The Kier molecular flexibility index (Phi) is 8.33. The molecule has 4 heterocycles. The normalized spacial score (nSPS) is 17.6. The fraction of sp³-hybridized carbons (Fsp3) is 0.395. The third kappa shape index (κ3) is 6.67. The number of halogens is 1. The average Bonchev–Trinajstić information content (AvgIpc) is 3.59. The van der Waals surface area contributed by atoms with Crippen LogP contribution in [0.15, 0.2) is 66.9 Å². The minimum Gasteiger partial charge on any atom is -0.456 e. The summed E-state index contributed by atoms with van der Waals surface area (Å²) in [6, 6.07) is 21.0. The monoisotopic (exact) mass is 633 g/mol. The van der Waals surface area contributed by atoms with E-state index in [-0.39, 0.29) is 17.9 Å². The molecule has 3 aromatic carbocycles. The van der Waals surface area contributed by atoms with Gasteiger partial charge in [0, 0.05) is 23.9 Å². The topological polar surface area (TPSA) is 85.3 Å². The highest BCUT2D eigenvalue weighted by Crippen LogP contribution is 2.32. The number of hydrogen-bond acceptors (Lipinski definition) is 6. The van der Waals surface area contributed by atoms with Crippen molar-refractivity contribution in [3.63, 3.8) is 0 Å². The van der Waals surface area contributed by atoms with Crippen LogP contribution in [0, 0.1) is 17.1 Å². The first-order valence-electron chi connectivity index (χ1n) is 16.5. The summed E-state index contributed by atoms with van der Waals surface area (Å²) in [6.07, 6.45) is 5.25.